The van der Waals surface area contributed by atoms with Gasteiger partial charge in [0.05, 0.1) is 13.2 Å². The first-order chi connectivity index (χ1) is 10.3. The Morgan fingerprint density at radius 2 is 1.95 bits per heavy atom. The third-order valence-corrected chi connectivity index (χ3v) is 3.92. The second-order valence-corrected chi connectivity index (χ2v) is 5.64. The number of hydrogen-bond donors (Lipinski definition) is 1. The Labute approximate surface area is 126 Å². The maximum absolute atomic E-state index is 5.74. The highest BCUT2D eigenvalue weighted by Crippen LogP contribution is 2.33. The van der Waals surface area contributed by atoms with Crippen molar-refractivity contribution < 1.29 is 14.2 Å². The number of benzene rings is 1. The Kier molecular flexibility index (Phi) is 4.95. The fraction of sp³-hybridized carbons (Fsp3) is 0.625. The van der Waals surface area contributed by atoms with Crippen LogP contribution in [0.1, 0.15) is 12.5 Å². The minimum atomic E-state index is 0.434. The quantitative estimate of drug-likeness (QED) is 0.885. The van der Waals surface area contributed by atoms with Gasteiger partial charge in [-0.05, 0) is 13.0 Å². The molecule has 0 spiro atoms. The molecule has 1 aromatic rings. The summed E-state index contributed by atoms with van der Waals surface area (Å²) < 4.78 is 16.7. The van der Waals surface area contributed by atoms with Crippen molar-refractivity contribution in [2.75, 3.05) is 46.1 Å². The molecular weight excluding hydrogens is 268 g/mol. The number of fused-ring (bicyclic) bond motifs is 1. The first kappa shape index (κ1) is 14.6. The zero-order valence-electron chi connectivity index (χ0n) is 12.6. The standard InChI is InChI=1S/C16H24N2O3/c1-13(12-18-5-7-19-8-6-18)17-11-14-3-2-4-15-16(14)21-10-9-20-15/h2-4,13,17H,5-12H2,1H3. The molecule has 21 heavy (non-hydrogen) atoms. The Balaban J connectivity index is 1.52. The van der Waals surface area contributed by atoms with Crippen molar-refractivity contribution in [1.29, 1.82) is 0 Å². The summed E-state index contributed by atoms with van der Waals surface area (Å²) in [7, 11) is 0. The van der Waals surface area contributed by atoms with Gasteiger partial charge in [0, 0.05) is 37.8 Å². The summed E-state index contributed by atoms with van der Waals surface area (Å²) in [6, 6.07) is 6.53. The molecule has 1 aromatic carbocycles. The van der Waals surface area contributed by atoms with Crippen molar-refractivity contribution >= 4 is 0 Å². The molecule has 1 N–H and O–H groups in total. The summed E-state index contributed by atoms with van der Waals surface area (Å²) in [5.74, 6) is 1.76. The summed E-state index contributed by atoms with van der Waals surface area (Å²) in [4.78, 5) is 2.45. The first-order valence-electron chi connectivity index (χ1n) is 7.74. The Morgan fingerprint density at radius 1 is 1.14 bits per heavy atom. The van der Waals surface area contributed by atoms with Gasteiger partial charge in [0.25, 0.3) is 0 Å². The van der Waals surface area contributed by atoms with Crippen molar-refractivity contribution in [3.8, 4) is 11.5 Å². The minimum Gasteiger partial charge on any atom is -0.486 e. The summed E-state index contributed by atoms with van der Waals surface area (Å²) in [6.45, 7) is 9.11. The van der Waals surface area contributed by atoms with Crippen LogP contribution in [-0.2, 0) is 11.3 Å². The number of nitrogens with one attached hydrogen (secondary N) is 1. The van der Waals surface area contributed by atoms with Crippen LogP contribution in [0.3, 0.4) is 0 Å². The molecule has 1 atom stereocenters. The highest BCUT2D eigenvalue weighted by atomic mass is 16.6. The van der Waals surface area contributed by atoms with Crippen molar-refractivity contribution in [2.24, 2.45) is 0 Å². The van der Waals surface area contributed by atoms with E-state index in [0.717, 1.165) is 50.9 Å². The number of morpholine rings is 1. The lowest BCUT2D eigenvalue weighted by molar-refractivity contribution is 0.0343. The Bertz CT molecular complexity index is 461. The molecule has 0 saturated carbocycles. The van der Waals surface area contributed by atoms with Crippen LogP contribution in [0.25, 0.3) is 0 Å². The first-order valence-corrected chi connectivity index (χ1v) is 7.74. The molecule has 1 unspecified atom stereocenters. The topological polar surface area (TPSA) is 43.0 Å². The molecule has 2 aliphatic heterocycles. The highest BCUT2D eigenvalue weighted by Gasteiger charge is 2.17. The molecule has 1 saturated heterocycles. The molecule has 0 bridgehead atoms. The van der Waals surface area contributed by atoms with Gasteiger partial charge in [0.15, 0.2) is 11.5 Å². The van der Waals surface area contributed by atoms with E-state index in [0.29, 0.717) is 19.3 Å². The second kappa shape index (κ2) is 7.11. The molecule has 5 nitrogen and oxygen atoms in total. The fourth-order valence-corrected chi connectivity index (χ4v) is 2.79. The molecule has 2 heterocycles. The smallest absolute Gasteiger partial charge is 0.165 e. The average molecular weight is 292 g/mol. The number of nitrogens with zero attached hydrogens (tertiary/aromatic N) is 1. The van der Waals surface area contributed by atoms with Gasteiger partial charge < -0.3 is 19.5 Å². The summed E-state index contributed by atoms with van der Waals surface area (Å²) in [6.07, 6.45) is 0. The molecule has 0 aliphatic carbocycles. The zero-order valence-corrected chi connectivity index (χ0v) is 12.6. The molecule has 3 rings (SSSR count). The molecule has 0 aromatic heterocycles. The van der Waals surface area contributed by atoms with Gasteiger partial charge in [-0.25, -0.2) is 0 Å². The number of hydrogen-bond acceptors (Lipinski definition) is 5. The monoisotopic (exact) mass is 292 g/mol. The minimum absolute atomic E-state index is 0.434. The molecule has 116 valence electrons. The van der Waals surface area contributed by atoms with E-state index in [2.05, 4.69) is 23.2 Å². The predicted molar refractivity (Wildman–Crippen MR) is 81.0 cm³/mol. The number of rotatable bonds is 5. The van der Waals surface area contributed by atoms with E-state index in [-0.39, 0.29) is 0 Å². The van der Waals surface area contributed by atoms with Gasteiger partial charge in [-0.15, -0.1) is 0 Å². The van der Waals surface area contributed by atoms with Gasteiger partial charge >= 0.3 is 0 Å². The van der Waals surface area contributed by atoms with E-state index in [9.17, 15) is 0 Å². The molecule has 2 aliphatic rings. The third-order valence-electron chi connectivity index (χ3n) is 3.92. The number of ether oxygens (including phenoxy) is 3. The van der Waals surface area contributed by atoms with Crippen LogP contribution in [0.15, 0.2) is 18.2 Å². The largest absolute Gasteiger partial charge is 0.486 e. The normalized spacial score (nSPS) is 20.2. The molecule has 0 amide bonds. The van der Waals surface area contributed by atoms with E-state index in [1.807, 2.05) is 12.1 Å². The maximum atomic E-state index is 5.74. The third kappa shape index (κ3) is 3.87. The fourth-order valence-electron chi connectivity index (χ4n) is 2.79. The molecule has 1 fully saturated rings. The van der Waals surface area contributed by atoms with E-state index in [1.165, 1.54) is 5.56 Å². The zero-order chi connectivity index (χ0) is 14.5. The summed E-state index contributed by atoms with van der Waals surface area (Å²) in [5.41, 5.74) is 1.17. The second-order valence-electron chi connectivity index (χ2n) is 5.64. The average Bonchev–Trinajstić information content (AvgIpc) is 2.54. The van der Waals surface area contributed by atoms with Crippen molar-refractivity contribution in [2.45, 2.75) is 19.5 Å². The molecule has 0 radical (unpaired) electrons. The highest BCUT2D eigenvalue weighted by molar-refractivity contribution is 5.47. The van der Waals surface area contributed by atoms with E-state index in [4.69, 9.17) is 14.2 Å². The summed E-state index contributed by atoms with van der Waals surface area (Å²) >= 11 is 0. The van der Waals surface area contributed by atoms with Crippen molar-refractivity contribution in [3.63, 3.8) is 0 Å². The van der Waals surface area contributed by atoms with Gasteiger partial charge in [-0.1, -0.05) is 12.1 Å². The Morgan fingerprint density at radius 3 is 2.81 bits per heavy atom. The SMILES string of the molecule is CC(CN1CCOCC1)NCc1cccc2c1OCCO2. The van der Waals surface area contributed by atoms with Crippen molar-refractivity contribution in [1.82, 2.24) is 10.2 Å². The van der Waals surface area contributed by atoms with E-state index < -0.39 is 0 Å². The lowest BCUT2D eigenvalue weighted by atomic mass is 10.1. The Hall–Kier alpha value is -1.30. The van der Waals surface area contributed by atoms with Crippen LogP contribution in [0, 0.1) is 0 Å². The van der Waals surface area contributed by atoms with Crippen LogP contribution >= 0.6 is 0 Å². The van der Waals surface area contributed by atoms with Crippen LogP contribution in [0.5, 0.6) is 11.5 Å². The lowest BCUT2D eigenvalue weighted by Gasteiger charge is -2.29. The van der Waals surface area contributed by atoms with Gasteiger partial charge in [0.1, 0.15) is 13.2 Å². The molecular formula is C16H24N2O3. The van der Waals surface area contributed by atoms with Gasteiger partial charge in [-0.2, -0.15) is 0 Å². The van der Waals surface area contributed by atoms with Gasteiger partial charge in [-0.3, -0.25) is 4.90 Å². The predicted octanol–water partition coefficient (Wildman–Crippen LogP) is 1.27. The summed E-state index contributed by atoms with van der Waals surface area (Å²) in [5, 5.41) is 3.58. The molecule has 5 heteroatoms. The van der Waals surface area contributed by atoms with Crippen LogP contribution in [0.4, 0.5) is 0 Å². The van der Waals surface area contributed by atoms with Crippen molar-refractivity contribution in [3.05, 3.63) is 23.8 Å². The lowest BCUT2D eigenvalue weighted by Crippen LogP contribution is -2.44. The van der Waals surface area contributed by atoms with E-state index >= 15 is 0 Å². The number of para-hydroxylation sites is 1. The van der Waals surface area contributed by atoms with Crippen LogP contribution in [0.2, 0.25) is 0 Å². The van der Waals surface area contributed by atoms with Crippen LogP contribution in [-0.4, -0.2) is 57.0 Å². The van der Waals surface area contributed by atoms with Gasteiger partial charge in [0.2, 0.25) is 0 Å². The maximum Gasteiger partial charge on any atom is 0.165 e. The van der Waals surface area contributed by atoms with Crippen LogP contribution < -0.4 is 14.8 Å². The van der Waals surface area contributed by atoms with E-state index in [1.54, 1.807) is 0 Å².